The summed E-state index contributed by atoms with van der Waals surface area (Å²) in [6.45, 7) is 1.32. The zero-order valence-electron chi connectivity index (χ0n) is 9.01. The Morgan fingerprint density at radius 2 is 2.38 bits per heavy atom. The molecule has 5 nitrogen and oxygen atoms in total. The minimum atomic E-state index is 0.637. The number of pyridine rings is 1. The number of methoxy groups -OCH3 is 1. The lowest BCUT2D eigenvalue weighted by Gasteiger charge is -2.06. The van der Waals surface area contributed by atoms with Crippen molar-refractivity contribution in [3.8, 4) is 5.88 Å². The van der Waals surface area contributed by atoms with Gasteiger partial charge in [-0.1, -0.05) is 6.07 Å². The van der Waals surface area contributed by atoms with Crippen molar-refractivity contribution in [2.24, 2.45) is 0 Å². The number of hydrogen-bond acceptors (Lipinski definition) is 5. The summed E-state index contributed by atoms with van der Waals surface area (Å²) in [5.74, 6) is 1.45. The summed E-state index contributed by atoms with van der Waals surface area (Å²) < 4.78 is 10.3. The molecule has 0 aliphatic rings. The predicted molar refractivity (Wildman–Crippen MR) is 57.8 cm³/mol. The van der Waals surface area contributed by atoms with Crippen LogP contribution in [0.15, 0.2) is 35.3 Å². The van der Waals surface area contributed by atoms with Crippen LogP contribution in [-0.4, -0.2) is 17.1 Å². The van der Waals surface area contributed by atoms with Gasteiger partial charge in [-0.3, -0.25) is 0 Å². The Morgan fingerprint density at radius 3 is 3.12 bits per heavy atom. The highest BCUT2D eigenvalue weighted by molar-refractivity contribution is 5.24. The van der Waals surface area contributed by atoms with Gasteiger partial charge in [-0.05, 0) is 6.07 Å². The molecule has 0 saturated heterocycles. The fourth-order valence-corrected chi connectivity index (χ4v) is 1.39. The smallest absolute Gasteiger partial charge is 0.217 e. The molecule has 2 aromatic rings. The molecule has 2 aromatic heterocycles. The SMILES string of the molecule is COc1ncccc1CNCc1cnco1. The van der Waals surface area contributed by atoms with Crippen molar-refractivity contribution < 1.29 is 9.15 Å². The molecule has 0 bridgehead atoms. The molecule has 84 valence electrons. The maximum atomic E-state index is 5.15. The third-order valence-corrected chi connectivity index (χ3v) is 2.14. The van der Waals surface area contributed by atoms with Crippen LogP contribution in [0, 0.1) is 0 Å². The van der Waals surface area contributed by atoms with Crippen LogP contribution in [0.2, 0.25) is 0 Å². The molecule has 16 heavy (non-hydrogen) atoms. The van der Waals surface area contributed by atoms with Gasteiger partial charge in [0.2, 0.25) is 5.88 Å². The molecule has 1 N–H and O–H groups in total. The number of ether oxygens (including phenoxy) is 1. The predicted octanol–water partition coefficient (Wildman–Crippen LogP) is 1.37. The molecule has 0 atom stereocenters. The lowest BCUT2D eigenvalue weighted by Crippen LogP contribution is -2.13. The van der Waals surface area contributed by atoms with Crippen molar-refractivity contribution in [1.82, 2.24) is 15.3 Å². The first kappa shape index (κ1) is 10.6. The van der Waals surface area contributed by atoms with E-state index in [1.807, 2.05) is 12.1 Å². The zero-order valence-corrected chi connectivity index (χ0v) is 9.01. The summed E-state index contributed by atoms with van der Waals surface area (Å²) in [6.07, 6.45) is 4.81. The quantitative estimate of drug-likeness (QED) is 0.822. The first-order valence-electron chi connectivity index (χ1n) is 4.96. The summed E-state index contributed by atoms with van der Waals surface area (Å²) in [4.78, 5) is 7.95. The maximum Gasteiger partial charge on any atom is 0.217 e. The van der Waals surface area contributed by atoms with Crippen LogP contribution in [0.1, 0.15) is 11.3 Å². The van der Waals surface area contributed by atoms with Gasteiger partial charge in [-0.2, -0.15) is 0 Å². The zero-order chi connectivity index (χ0) is 11.2. The topological polar surface area (TPSA) is 60.2 Å². The van der Waals surface area contributed by atoms with Gasteiger partial charge in [0.1, 0.15) is 5.76 Å². The first-order chi connectivity index (χ1) is 7.90. The molecule has 5 heteroatoms. The van der Waals surface area contributed by atoms with Crippen molar-refractivity contribution in [2.75, 3.05) is 7.11 Å². The Morgan fingerprint density at radius 1 is 1.44 bits per heavy atom. The Bertz CT molecular complexity index is 429. The first-order valence-corrected chi connectivity index (χ1v) is 4.96. The molecule has 0 aromatic carbocycles. The van der Waals surface area contributed by atoms with Crippen LogP contribution >= 0.6 is 0 Å². The summed E-state index contributed by atoms with van der Waals surface area (Å²) in [7, 11) is 1.61. The second-order valence-corrected chi connectivity index (χ2v) is 3.24. The number of rotatable bonds is 5. The van der Waals surface area contributed by atoms with E-state index in [0.29, 0.717) is 19.0 Å². The van der Waals surface area contributed by atoms with E-state index in [4.69, 9.17) is 9.15 Å². The Labute approximate surface area is 93.5 Å². The van der Waals surface area contributed by atoms with E-state index in [1.54, 1.807) is 19.5 Å². The Hall–Kier alpha value is -1.88. The second kappa shape index (κ2) is 5.27. The number of nitrogens with one attached hydrogen (secondary N) is 1. The third kappa shape index (κ3) is 2.58. The van der Waals surface area contributed by atoms with Crippen molar-refractivity contribution in [2.45, 2.75) is 13.1 Å². The highest BCUT2D eigenvalue weighted by Crippen LogP contribution is 2.12. The second-order valence-electron chi connectivity index (χ2n) is 3.24. The molecule has 0 fully saturated rings. The van der Waals surface area contributed by atoms with Gasteiger partial charge >= 0.3 is 0 Å². The Balaban J connectivity index is 1.89. The van der Waals surface area contributed by atoms with Crippen LogP contribution in [-0.2, 0) is 13.1 Å². The van der Waals surface area contributed by atoms with Gasteiger partial charge in [-0.15, -0.1) is 0 Å². The monoisotopic (exact) mass is 219 g/mol. The molecule has 0 amide bonds. The van der Waals surface area contributed by atoms with Gasteiger partial charge in [0.25, 0.3) is 0 Å². The lowest BCUT2D eigenvalue weighted by atomic mass is 10.2. The molecular formula is C11H13N3O2. The lowest BCUT2D eigenvalue weighted by molar-refractivity contribution is 0.389. The molecule has 0 radical (unpaired) electrons. The maximum absolute atomic E-state index is 5.15. The van der Waals surface area contributed by atoms with Crippen LogP contribution in [0.25, 0.3) is 0 Å². The molecule has 0 spiro atoms. The largest absolute Gasteiger partial charge is 0.481 e. The fraction of sp³-hybridized carbons (Fsp3) is 0.273. The van der Waals surface area contributed by atoms with Gasteiger partial charge in [0.05, 0.1) is 19.9 Å². The number of aromatic nitrogens is 2. The number of nitrogens with zero attached hydrogens (tertiary/aromatic N) is 2. The van der Waals surface area contributed by atoms with Gasteiger partial charge in [-0.25, -0.2) is 9.97 Å². The summed E-state index contributed by atoms with van der Waals surface area (Å²) in [5, 5.41) is 3.23. The molecule has 2 heterocycles. The average Bonchev–Trinajstić information content (AvgIpc) is 2.83. The van der Waals surface area contributed by atoms with Gasteiger partial charge in [0, 0.05) is 18.3 Å². The standard InChI is InChI=1S/C11H13N3O2/c1-15-11-9(3-2-4-14-11)5-12-6-10-7-13-8-16-10/h2-4,7-8,12H,5-6H2,1H3. The number of hydrogen-bond donors (Lipinski definition) is 1. The highest BCUT2D eigenvalue weighted by Gasteiger charge is 2.03. The van der Waals surface area contributed by atoms with E-state index < -0.39 is 0 Å². The molecule has 0 aliphatic heterocycles. The van der Waals surface area contributed by atoms with Gasteiger partial charge in [0.15, 0.2) is 6.39 Å². The normalized spacial score (nSPS) is 10.3. The van der Waals surface area contributed by atoms with Gasteiger partial charge < -0.3 is 14.5 Å². The molecule has 0 unspecified atom stereocenters. The number of oxazole rings is 1. The highest BCUT2D eigenvalue weighted by atomic mass is 16.5. The van der Waals surface area contributed by atoms with Crippen LogP contribution < -0.4 is 10.1 Å². The molecule has 0 aliphatic carbocycles. The molecular weight excluding hydrogens is 206 g/mol. The van der Waals surface area contributed by atoms with Crippen LogP contribution in [0.5, 0.6) is 5.88 Å². The average molecular weight is 219 g/mol. The van der Waals surface area contributed by atoms with E-state index in [0.717, 1.165) is 11.3 Å². The minimum absolute atomic E-state index is 0.637. The van der Waals surface area contributed by atoms with E-state index in [2.05, 4.69) is 15.3 Å². The minimum Gasteiger partial charge on any atom is -0.481 e. The van der Waals surface area contributed by atoms with Crippen LogP contribution in [0.3, 0.4) is 0 Å². The van der Waals surface area contributed by atoms with Crippen molar-refractivity contribution in [3.63, 3.8) is 0 Å². The molecule has 0 saturated carbocycles. The fourth-order valence-electron chi connectivity index (χ4n) is 1.39. The van der Waals surface area contributed by atoms with Crippen LogP contribution in [0.4, 0.5) is 0 Å². The van der Waals surface area contributed by atoms with Crippen molar-refractivity contribution >= 4 is 0 Å². The summed E-state index contributed by atoms with van der Waals surface area (Å²) in [6, 6.07) is 3.85. The summed E-state index contributed by atoms with van der Waals surface area (Å²) >= 11 is 0. The van der Waals surface area contributed by atoms with E-state index in [1.165, 1.54) is 6.39 Å². The molecule has 2 rings (SSSR count). The van der Waals surface area contributed by atoms with Crippen molar-refractivity contribution in [1.29, 1.82) is 0 Å². The van der Waals surface area contributed by atoms with E-state index in [9.17, 15) is 0 Å². The third-order valence-electron chi connectivity index (χ3n) is 2.14. The van der Waals surface area contributed by atoms with E-state index >= 15 is 0 Å². The van der Waals surface area contributed by atoms with Crippen molar-refractivity contribution in [3.05, 3.63) is 42.2 Å². The van der Waals surface area contributed by atoms with E-state index in [-0.39, 0.29) is 0 Å². The summed E-state index contributed by atoms with van der Waals surface area (Å²) in [5.41, 5.74) is 1.02. The Kier molecular flexibility index (Phi) is 3.50.